The van der Waals surface area contributed by atoms with Gasteiger partial charge in [0.1, 0.15) is 0 Å². The van der Waals surface area contributed by atoms with Crippen molar-refractivity contribution in [1.29, 1.82) is 0 Å². The Morgan fingerprint density at radius 3 is 2.48 bits per heavy atom. The zero-order valence-corrected chi connectivity index (χ0v) is 16.7. The van der Waals surface area contributed by atoms with Crippen LogP contribution < -0.4 is 0 Å². The lowest BCUT2D eigenvalue weighted by molar-refractivity contribution is -0.139. The first-order chi connectivity index (χ1) is 12.9. The van der Waals surface area contributed by atoms with Crippen molar-refractivity contribution in [2.75, 3.05) is 59.9 Å². The second-order valence-corrected chi connectivity index (χ2v) is 8.42. The van der Waals surface area contributed by atoms with Crippen molar-refractivity contribution in [3.8, 4) is 0 Å². The number of hydrogen-bond acceptors (Lipinski definition) is 6. The molecule has 3 fully saturated rings. The molecular weight excluding hydrogens is 348 g/mol. The average Bonchev–Trinajstić information content (AvgIpc) is 2.95. The third kappa shape index (κ3) is 5.56. The van der Waals surface area contributed by atoms with Crippen molar-refractivity contribution in [2.45, 2.75) is 44.4 Å². The van der Waals surface area contributed by atoms with Crippen molar-refractivity contribution >= 4 is 12.1 Å². The molecule has 0 aromatic carbocycles. The molecule has 0 aromatic rings. The van der Waals surface area contributed by atoms with E-state index in [1.165, 1.54) is 32.4 Å². The van der Waals surface area contributed by atoms with Crippen molar-refractivity contribution in [1.82, 2.24) is 19.6 Å². The van der Waals surface area contributed by atoms with Gasteiger partial charge in [-0.2, -0.15) is 0 Å². The highest BCUT2D eigenvalue weighted by molar-refractivity contribution is 5.69. The first kappa shape index (κ1) is 20.4. The van der Waals surface area contributed by atoms with Crippen LogP contribution in [0.2, 0.25) is 0 Å². The molecule has 2 atom stereocenters. The predicted molar refractivity (Wildman–Crippen MR) is 102 cm³/mol. The largest absolute Gasteiger partial charge is 0.480 e. The Morgan fingerprint density at radius 2 is 1.85 bits per heavy atom. The fraction of sp³-hybridized carbons (Fsp3) is 0.895. The summed E-state index contributed by atoms with van der Waals surface area (Å²) in [6.07, 6.45) is 5.50. The van der Waals surface area contributed by atoms with E-state index in [9.17, 15) is 9.59 Å². The Bertz CT molecular complexity index is 524. The molecule has 154 valence electrons. The molecule has 8 heteroatoms. The Morgan fingerprint density at radius 1 is 1.11 bits per heavy atom. The van der Waals surface area contributed by atoms with Gasteiger partial charge in [0.05, 0.1) is 13.1 Å². The van der Waals surface area contributed by atoms with Crippen LogP contribution in [0.25, 0.3) is 0 Å². The second-order valence-electron chi connectivity index (χ2n) is 8.42. The Balaban J connectivity index is 1.54. The number of likely N-dealkylation sites (tertiary alicyclic amines) is 1. The van der Waals surface area contributed by atoms with Crippen LogP contribution in [0.4, 0.5) is 4.79 Å². The van der Waals surface area contributed by atoms with Crippen LogP contribution in [0.3, 0.4) is 0 Å². The fourth-order valence-corrected chi connectivity index (χ4v) is 4.62. The molecule has 1 N–H and O–H groups in total. The van der Waals surface area contributed by atoms with E-state index in [0.29, 0.717) is 13.1 Å². The average molecular weight is 383 g/mol. The first-order valence-electron chi connectivity index (χ1n) is 10.2. The monoisotopic (exact) mass is 382 g/mol. The summed E-state index contributed by atoms with van der Waals surface area (Å²) in [5, 5.41) is 9.13. The van der Waals surface area contributed by atoms with E-state index in [2.05, 4.69) is 16.8 Å². The molecule has 0 radical (unpaired) electrons. The molecule has 3 heterocycles. The molecule has 0 aliphatic carbocycles. The smallest absolute Gasteiger partial charge is 0.411 e. The number of piperidine rings is 1. The topological polar surface area (TPSA) is 76.6 Å². The van der Waals surface area contributed by atoms with E-state index in [1.54, 1.807) is 11.9 Å². The van der Waals surface area contributed by atoms with Crippen LogP contribution >= 0.6 is 0 Å². The van der Waals surface area contributed by atoms with Crippen LogP contribution in [0.5, 0.6) is 0 Å². The number of ether oxygens (including phenoxy) is 1. The highest BCUT2D eigenvalue weighted by Gasteiger charge is 2.39. The van der Waals surface area contributed by atoms with E-state index in [0.717, 1.165) is 31.8 Å². The molecule has 3 aliphatic rings. The number of amides is 1. The number of carboxylic acid groups (broad SMARTS) is 1. The van der Waals surface area contributed by atoms with Gasteiger partial charge < -0.3 is 19.6 Å². The van der Waals surface area contributed by atoms with Gasteiger partial charge >= 0.3 is 12.1 Å². The number of aliphatic carboxylic acids is 1. The van der Waals surface area contributed by atoms with Gasteiger partial charge in [-0.3, -0.25) is 14.6 Å². The summed E-state index contributed by atoms with van der Waals surface area (Å²) >= 11 is 0. The maximum absolute atomic E-state index is 11.8. The first-order valence-corrected chi connectivity index (χ1v) is 10.2. The third-order valence-electron chi connectivity index (χ3n) is 6.31. The van der Waals surface area contributed by atoms with Crippen molar-refractivity contribution in [3.63, 3.8) is 0 Å². The number of likely N-dealkylation sites (N-methyl/N-ethyl adjacent to an activating group) is 1. The quantitative estimate of drug-likeness (QED) is 0.703. The van der Waals surface area contributed by atoms with Crippen LogP contribution in [-0.2, 0) is 9.53 Å². The van der Waals surface area contributed by atoms with Gasteiger partial charge in [0.25, 0.3) is 0 Å². The Kier molecular flexibility index (Phi) is 6.94. The molecule has 3 rings (SSSR count). The zero-order valence-electron chi connectivity index (χ0n) is 16.7. The second kappa shape index (κ2) is 9.21. The highest BCUT2D eigenvalue weighted by Crippen LogP contribution is 2.26. The number of cyclic esters (lactones) is 1. The number of carbonyl (C=O) groups excluding carboxylic acids is 1. The minimum absolute atomic E-state index is 0.0870. The number of rotatable bonds is 7. The molecule has 2 unspecified atom stereocenters. The lowest BCUT2D eigenvalue weighted by atomic mass is 9.90. The van der Waals surface area contributed by atoms with E-state index >= 15 is 0 Å². The molecule has 3 aliphatic heterocycles. The molecular formula is C19H34N4O4. The van der Waals surface area contributed by atoms with Gasteiger partial charge in [-0.05, 0) is 45.3 Å². The lowest BCUT2D eigenvalue weighted by Crippen LogP contribution is -2.58. The molecule has 27 heavy (non-hydrogen) atoms. The van der Waals surface area contributed by atoms with Gasteiger partial charge in [0, 0.05) is 32.7 Å². The Labute approximate surface area is 162 Å². The van der Waals surface area contributed by atoms with Crippen LogP contribution in [0.1, 0.15) is 32.1 Å². The minimum Gasteiger partial charge on any atom is -0.480 e. The molecule has 0 saturated carbocycles. The van der Waals surface area contributed by atoms with Gasteiger partial charge in [-0.1, -0.05) is 12.8 Å². The summed E-state index contributed by atoms with van der Waals surface area (Å²) in [6, 6.07) is 0.244. The fourth-order valence-electron chi connectivity index (χ4n) is 4.62. The molecule has 0 aromatic heterocycles. The summed E-state index contributed by atoms with van der Waals surface area (Å²) in [5.41, 5.74) is 0. The maximum Gasteiger partial charge on any atom is 0.411 e. The molecule has 8 nitrogen and oxygen atoms in total. The van der Waals surface area contributed by atoms with E-state index in [4.69, 9.17) is 9.84 Å². The summed E-state index contributed by atoms with van der Waals surface area (Å²) in [5.74, 6) is 0.0318. The number of carbonyl (C=O) groups is 2. The van der Waals surface area contributed by atoms with Crippen molar-refractivity contribution in [3.05, 3.63) is 0 Å². The van der Waals surface area contributed by atoms with Gasteiger partial charge in [-0.25, -0.2) is 4.79 Å². The van der Waals surface area contributed by atoms with Crippen LogP contribution in [0, 0.1) is 5.92 Å². The van der Waals surface area contributed by atoms with Crippen LogP contribution in [0.15, 0.2) is 0 Å². The van der Waals surface area contributed by atoms with Crippen molar-refractivity contribution < 1.29 is 19.4 Å². The Hall–Kier alpha value is -1.38. The molecule has 1 amide bonds. The standard InChI is InChI=1S/C19H34N4O4/c1-20-8-6-15(7-9-20)4-3-5-16-12-22(14-18(24)25)10-11-23(16)17-13-21(2)19(26)27-17/h15-17H,3-14H2,1-2H3,(H,24,25). The summed E-state index contributed by atoms with van der Waals surface area (Å²) in [6.45, 7) is 5.24. The van der Waals surface area contributed by atoms with Gasteiger partial charge in [0.15, 0.2) is 6.23 Å². The van der Waals surface area contributed by atoms with E-state index in [1.807, 2.05) is 4.90 Å². The van der Waals surface area contributed by atoms with Crippen molar-refractivity contribution in [2.24, 2.45) is 5.92 Å². The van der Waals surface area contributed by atoms with Crippen LogP contribution in [-0.4, -0.2) is 109 Å². The van der Waals surface area contributed by atoms with Gasteiger partial charge in [0.2, 0.25) is 0 Å². The zero-order chi connectivity index (χ0) is 19.4. The summed E-state index contributed by atoms with van der Waals surface area (Å²) < 4.78 is 5.54. The molecule has 0 bridgehead atoms. The number of carboxylic acids is 1. The molecule has 0 spiro atoms. The highest BCUT2D eigenvalue weighted by atomic mass is 16.6. The maximum atomic E-state index is 11.8. The SMILES string of the molecule is CN1CCC(CCCC2CN(CC(=O)O)CCN2C2CN(C)C(=O)O2)CC1. The number of piperazine rings is 1. The van der Waals surface area contributed by atoms with Gasteiger partial charge in [-0.15, -0.1) is 0 Å². The molecule has 3 saturated heterocycles. The third-order valence-corrected chi connectivity index (χ3v) is 6.31. The predicted octanol–water partition coefficient (Wildman–Crippen LogP) is 0.977. The normalized spacial score (nSPS) is 29.3. The number of nitrogens with zero attached hydrogens (tertiary/aromatic N) is 4. The number of hydrogen-bond donors (Lipinski definition) is 1. The van der Waals surface area contributed by atoms with E-state index < -0.39 is 5.97 Å². The van der Waals surface area contributed by atoms with E-state index in [-0.39, 0.29) is 24.9 Å². The lowest BCUT2D eigenvalue weighted by Gasteiger charge is -2.43. The summed E-state index contributed by atoms with van der Waals surface area (Å²) in [7, 11) is 3.95. The summed E-state index contributed by atoms with van der Waals surface area (Å²) in [4.78, 5) is 31.2. The minimum atomic E-state index is -0.777.